The first-order valence-electron chi connectivity index (χ1n) is 16.9. The summed E-state index contributed by atoms with van der Waals surface area (Å²) in [5.41, 5.74) is 8.67. The van der Waals surface area contributed by atoms with E-state index in [1.165, 1.54) is 52.8 Å². The van der Waals surface area contributed by atoms with Crippen LogP contribution < -0.4 is 4.90 Å². The van der Waals surface area contributed by atoms with Crippen molar-refractivity contribution in [3.63, 3.8) is 0 Å². The molecule has 0 aliphatic rings. The number of hydrogen-bond donors (Lipinski definition) is 0. The Morgan fingerprint density at radius 3 is 2.04 bits per heavy atom. The van der Waals surface area contributed by atoms with Crippen molar-refractivity contribution in [3.8, 4) is 5.69 Å². The first kappa shape index (κ1) is 27.6. The van der Waals surface area contributed by atoms with Gasteiger partial charge in [0.15, 0.2) is 0 Å². The van der Waals surface area contributed by atoms with Gasteiger partial charge in [-0.3, -0.25) is 0 Å². The molecule has 11 aromatic rings. The Hall–Kier alpha value is -6.36. The summed E-state index contributed by atoms with van der Waals surface area (Å²) >= 11 is 1.86. The first-order valence-corrected chi connectivity index (χ1v) is 17.7. The van der Waals surface area contributed by atoms with E-state index >= 15 is 0 Å². The molecule has 3 nitrogen and oxygen atoms in total. The normalized spacial score (nSPS) is 12.0. The molecule has 0 atom stereocenters. The van der Waals surface area contributed by atoms with Crippen LogP contribution in [0.15, 0.2) is 174 Å². The minimum atomic E-state index is 0.887. The number of rotatable bonds is 4. The Kier molecular flexibility index (Phi) is 5.83. The number of hydrogen-bond acceptors (Lipinski definition) is 3. The van der Waals surface area contributed by atoms with Crippen LogP contribution in [0, 0.1) is 0 Å². The average Bonchev–Trinajstić information content (AvgIpc) is 3.84. The Morgan fingerprint density at radius 2 is 1.14 bits per heavy atom. The van der Waals surface area contributed by atoms with Crippen molar-refractivity contribution in [1.82, 2.24) is 4.57 Å². The third-order valence-corrected chi connectivity index (χ3v) is 11.3. The Morgan fingerprint density at radius 1 is 0.460 bits per heavy atom. The molecule has 0 aliphatic heterocycles. The molecular formula is C46H28N2OS. The molecule has 0 fully saturated rings. The fourth-order valence-electron chi connectivity index (χ4n) is 7.95. The van der Waals surface area contributed by atoms with E-state index in [-0.39, 0.29) is 0 Å². The van der Waals surface area contributed by atoms with Crippen LogP contribution in [-0.4, -0.2) is 4.57 Å². The number of furan rings is 1. The molecule has 0 bridgehead atoms. The maximum Gasteiger partial charge on any atom is 0.136 e. The van der Waals surface area contributed by atoms with Crippen LogP contribution in [-0.2, 0) is 0 Å². The third-order valence-electron chi connectivity index (χ3n) is 10.1. The van der Waals surface area contributed by atoms with Crippen LogP contribution in [0.5, 0.6) is 0 Å². The van der Waals surface area contributed by atoms with Crippen molar-refractivity contribution in [2.24, 2.45) is 0 Å². The number of thiophene rings is 1. The molecule has 0 N–H and O–H groups in total. The van der Waals surface area contributed by atoms with Gasteiger partial charge in [0, 0.05) is 48.4 Å². The molecule has 8 aromatic carbocycles. The van der Waals surface area contributed by atoms with Gasteiger partial charge < -0.3 is 13.9 Å². The zero-order valence-electron chi connectivity index (χ0n) is 26.9. The van der Waals surface area contributed by atoms with Gasteiger partial charge in [0.1, 0.15) is 11.2 Å². The van der Waals surface area contributed by atoms with Crippen molar-refractivity contribution in [3.05, 3.63) is 170 Å². The second kappa shape index (κ2) is 10.6. The molecule has 3 heterocycles. The minimum Gasteiger partial charge on any atom is -0.456 e. The predicted molar refractivity (Wildman–Crippen MR) is 213 cm³/mol. The van der Waals surface area contributed by atoms with E-state index in [0.29, 0.717) is 0 Å². The van der Waals surface area contributed by atoms with Gasteiger partial charge >= 0.3 is 0 Å². The molecule has 4 heteroatoms. The van der Waals surface area contributed by atoms with E-state index < -0.39 is 0 Å². The van der Waals surface area contributed by atoms with Crippen molar-refractivity contribution in [1.29, 1.82) is 0 Å². The number of fused-ring (bicyclic) bond motifs is 10. The average molecular weight is 657 g/mol. The van der Waals surface area contributed by atoms with Gasteiger partial charge in [0.25, 0.3) is 0 Å². The fourth-order valence-corrected chi connectivity index (χ4v) is 9.15. The molecule has 0 amide bonds. The van der Waals surface area contributed by atoms with Crippen molar-refractivity contribution in [2.75, 3.05) is 4.90 Å². The highest BCUT2D eigenvalue weighted by Gasteiger charge is 2.24. The summed E-state index contributed by atoms with van der Waals surface area (Å²) in [4.78, 5) is 2.47. The number of benzene rings is 8. The minimum absolute atomic E-state index is 0.887. The number of nitrogens with zero attached hydrogens (tertiary/aromatic N) is 2. The van der Waals surface area contributed by atoms with Crippen molar-refractivity contribution >= 4 is 103 Å². The summed E-state index contributed by atoms with van der Waals surface area (Å²) in [6.45, 7) is 0. The summed E-state index contributed by atoms with van der Waals surface area (Å²) in [5, 5.41) is 9.61. The quantitative estimate of drug-likeness (QED) is 0.188. The lowest BCUT2D eigenvalue weighted by Gasteiger charge is -2.27. The maximum atomic E-state index is 6.48. The van der Waals surface area contributed by atoms with E-state index in [2.05, 4.69) is 179 Å². The monoisotopic (exact) mass is 656 g/mol. The number of para-hydroxylation sites is 2. The summed E-state index contributed by atoms with van der Waals surface area (Å²) in [6, 6.07) is 61.3. The van der Waals surface area contributed by atoms with E-state index in [4.69, 9.17) is 4.42 Å². The van der Waals surface area contributed by atoms with Crippen LogP contribution in [0.1, 0.15) is 0 Å². The SMILES string of the molecule is c1ccc(-n2c3ccccc3c3c(N(c4ccc5oc6cc7ccccc7cc6c5c4)c4cccc5c4sc4ccccc45)cccc32)cc1. The van der Waals surface area contributed by atoms with Gasteiger partial charge in [-0.05, 0) is 83.6 Å². The largest absolute Gasteiger partial charge is 0.456 e. The molecule has 0 unspecified atom stereocenters. The molecule has 11 rings (SSSR count). The van der Waals surface area contributed by atoms with Crippen LogP contribution in [0.2, 0.25) is 0 Å². The summed E-state index contributed by atoms with van der Waals surface area (Å²) in [6.07, 6.45) is 0. The second-order valence-corrected chi connectivity index (χ2v) is 14.0. The molecule has 0 saturated carbocycles. The number of anilines is 3. The first-order chi connectivity index (χ1) is 24.8. The molecular weight excluding hydrogens is 629 g/mol. The number of aromatic nitrogens is 1. The molecule has 0 aliphatic carbocycles. The van der Waals surface area contributed by atoms with Crippen molar-refractivity contribution < 1.29 is 4.42 Å². The van der Waals surface area contributed by atoms with Gasteiger partial charge in [-0.15, -0.1) is 11.3 Å². The molecule has 0 spiro atoms. The van der Waals surface area contributed by atoms with E-state index in [9.17, 15) is 0 Å². The van der Waals surface area contributed by atoms with Crippen molar-refractivity contribution in [2.45, 2.75) is 0 Å². The second-order valence-electron chi connectivity index (χ2n) is 12.9. The van der Waals surface area contributed by atoms with Crippen LogP contribution in [0.4, 0.5) is 17.1 Å². The Balaban J connectivity index is 1.25. The zero-order valence-corrected chi connectivity index (χ0v) is 27.7. The predicted octanol–water partition coefficient (Wildman–Crippen LogP) is 13.7. The van der Waals surface area contributed by atoms with E-state index in [1.54, 1.807) is 0 Å². The standard InChI is InChI=1S/C46H28N2OS/c1-2-14-31(15-3-1)47-38-19-8-6-17-35(38)45-39(47)20-11-21-40(45)48(41-22-10-18-34-33-16-7-9-23-44(33)50-46(34)41)32-24-25-42-37(28-32)36-26-29-12-4-5-13-30(29)27-43(36)49-42/h1-28H. The highest BCUT2D eigenvalue weighted by molar-refractivity contribution is 7.26. The Bertz CT molecular complexity index is 3110. The van der Waals surface area contributed by atoms with E-state index in [1.807, 2.05) is 11.3 Å². The van der Waals surface area contributed by atoms with Crippen LogP contribution >= 0.6 is 11.3 Å². The molecule has 3 aromatic heterocycles. The van der Waals surface area contributed by atoms with Crippen LogP contribution in [0.3, 0.4) is 0 Å². The lowest BCUT2D eigenvalue weighted by atomic mass is 10.0. The third kappa shape index (κ3) is 3.97. The topological polar surface area (TPSA) is 21.3 Å². The summed E-state index contributed by atoms with van der Waals surface area (Å²) < 4.78 is 11.4. The van der Waals surface area contributed by atoms with Gasteiger partial charge in [-0.1, -0.05) is 97.1 Å². The lowest BCUT2D eigenvalue weighted by Crippen LogP contribution is -2.10. The lowest BCUT2D eigenvalue weighted by molar-refractivity contribution is 0.669. The highest BCUT2D eigenvalue weighted by atomic mass is 32.1. The Labute approximate surface area is 291 Å². The summed E-state index contributed by atoms with van der Waals surface area (Å²) in [7, 11) is 0. The zero-order chi connectivity index (χ0) is 32.8. The van der Waals surface area contributed by atoms with Gasteiger partial charge in [0.05, 0.1) is 27.1 Å². The highest BCUT2D eigenvalue weighted by Crippen LogP contribution is 2.49. The van der Waals surface area contributed by atoms with Gasteiger partial charge in [-0.2, -0.15) is 0 Å². The molecule has 50 heavy (non-hydrogen) atoms. The van der Waals surface area contributed by atoms with Crippen LogP contribution in [0.25, 0.3) is 80.4 Å². The van der Waals surface area contributed by atoms with Gasteiger partial charge in [0.2, 0.25) is 0 Å². The smallest absolute Gasteiger partial charge is 0.136 e. The molecule has 0 saturated heterocycles. The fraction of sp³-hybridized carbons (Fsp3) is 0. The van der Waals surface area contributed by atoms with Gasteiger partial charge in [-0.25, -0.2) is 0 Å². The molecule has 0 radical (unpaired) electrons. The van der Waals surface area contributed by atoms with E-state index in [0.717, 1.165) is 44.7 Å². The summed E-state index contributed by atoms with van der Waals surface area (Å²) in [5.74, 6) is 0. The maximum absolute atomic E-state index is 6.48. The molecule has 234 valence electrons.